The van der Waals surface area contributed by atoms with Crippen LogP contribution in [0.1, 0.15) is 72.6 Å². The van der Waals surface area contributed by atoms with Crippen molar-refractivity contribution in [3.8, 4) is 0 Å². The zero-order valence-corrected chi connectivity index (χ0v) is 14.4. The van der Waals surface area contributed by atoms with Crippen molar-refractivity contribution in [3.63, 3.8) is 0 Å². The van der Waals surface area contributed by atoms with Gasteiger partial charge in [0, 0.05) is 0 Å². The first-order chi connectivity index (χ1) is 10.1. The molecule has 0 N–H and O–H groups in total. The van der Waals surface area contributed by atoms with Crippen molar-refractivity contribution in [2.75, 3.05) is 0 Å². The van der Waals surface area contributed by atoms with Crippen LogP contribution in [0.4, 0.5) is 0 Å². The third kappa shape index (κ3) is 4.46. The smallest absolute Gasteiger partial charge is 0.000832 e. The van der Waals surface area contributed by atoms with Crippen molar-refractivity contribution in [2.24, 2.45) is 11.8 Å². The molecule has 0 aromatic carbocycles. The van der Waals surface area contributed by atoms with Gasteiger partial charge >= 0.3 is 0 Å². The van der Waals surface area contributed by atoms with Crippen LogP contribution in [-0.2, 0) is 0 Å². The molecule has 2 rings (SSSR count). The van der Waals surface area contributed by atoms with E-state index in [-0.39, 0.29) is 0 Å². The van der Waals surface area contributed by atoms with Crippen LogP contribution < -0.4 is 0 Å². The van der Waals surface area contributed by atoms with E-state index in [1.165, 1.54) is 44.9 Å². The van der Waals surface area contributed by atoms with Gasteiger partial charge in [-0.1, -0.05) is 73.3 Å². The molecule has 0 radical (unpaired) electrons. The summed E-state index contributed by atoms with van der Waals surface area (Å²) in [5.41, 5.74) is 6.30. The predicted octanol–water partition coefficient (Wildman–Crippen LogP) is 6.76. The number of rotatable bonds is 8. The SMILES string of the molecule is CCCCC1=CC(CC2C=C(CCCC)C=C2C)C(C)=C1. The third-order valence-corrected chi connectivity index (χ3v) is 4.97. The first-order valence-corrected chi connectivity index (χ1v) is 8.91. The van der Waals surface area contributed by atoms with Crippen LogP contribution in [0.25, 0.3) is 0 Å². The van der Waals surface area contributed by atoms with Crippen molar-refractivity contribution in [1.29, 1.82) is 0 Å². The molecule has 21 heavy (non-hydrogen) atoms. The molecule has 2 unspecified atom stereocenters. The van der Waals surface area contributed by atoms with Gasteiger partial charge in [-0.2, -0.15) is 0 Å². The highest BCUT2D eigenvalue weighted by Crippen LogP contribution is 2.37. The Kier molecular flexibility index (Phi) is 6.08. The van der Waals surface area contributed by atoms with Gasteiger partial charge in [-0.15, -0.1) is 0 Å². The van der Waals surface area contributed by atoms with Crippen molar-refractivity contribution in [2.45, 2.75) is 72.6 Å². The fourth-order valence-corrected chi connectivity index (χ4v) is 3.53. The van der Waals surface area contributed by atoms with E-state index in [4.69, 9.17) is 0 Å². The number of allylic oxidation sites excluding steroid dienone is 8. The first kappa shape index (κ1) is 16.3. The fourth-order valence-electron chi connectivity index (χ4n) is 3.53. The van der Waals surface area contributed by atoms with Gasteiger partial charge in [-0.25, -0.2) is 0 Å². The van der Waals surface area contributed by atoms with Gasteiger partial charge in [-0.3, -0.25) is 0 Å². The lowest BCUT2D eigenvalue weighted by Gasteiger charge is -2.16. The quantitative estimate of drug-likeness (QED) is 0.462. The van der Waals surface area contributed by atoms with Crippen LogP contribution in [0.15, 0.2) is 46.6 Å². The maximum atomic E-state index is 2.54. The highest BCUT2D eigenvalue weighted by molar-refractivity contribution is 5.38. The number of hydrogen-bond donors (Lipinski definition) is 0. The van der Waals surface area contributed by atoms with Crippen molar-refractivity contribution < 1.29 is 0 Å². The molecule has 0 spiro atoms. The lowest BCUT2D eigenvalue weighted by molar-refractivity contribution is 0.588. The molecule has 0 aromatic rings. The summed E-state index contributed by atoms with van der Waals surface area (Å²) in [5, 5.41) is 0. The largest absolute Gasteiger partial charge is 0.0741 e. The molecule has 0 nitrogen and oxygen atoms in total. The maximum absolute atomic E-state index is 2.54. The molecule has 2 aliphatic carbocycles. The van der Waals surface area contributed by atoms with Gasteiger partial charge < -0.3 is 0 Å². The Morgan fingerprint density at radius 3 is 1.57 bits per heavy atom. The molecule has 0 saturated heterocycles. The summed E-state index contributed by atoms with van der Waals surface area (Å²) in [6.45, 7) is 9.18. The van der Waals surface area contributed by atoms with Crippen LogP contribution in [0, 0.1) is 11.8 Å². The number of hydrogen-bond acceptors (Lipinski definition) is 0. The summed E-state index contributed by atoms with van der Waals surface area (Å²) in [6, 6.07) is 0. The Balaban J connectivity index is 1.93. The van der Waals surface area contributed by atoms with Gasteiger partial charge in [-0.05, 0) is 57.8 Å². The zero-order valence-electron chi connectivity index (χ0n) is 14.4. The highest BCUT2D eigenvalue weighted by atomic mass is 14.3. The molecular weight excluding hydrogens is 252 g/mol. The topological polar surface area (TPSA) is 0 Å². The average molecular weight is 284 g/mol. The first-order valence-electron chi connectivity index (χ1n) is 8.91. The van der Waals surface area contributed by atoms with E-state index >= 15 is 0 Å². The lowest BCUT2D eigenvalue weighted by Crippen LogP contribution is -2.04. The summed E-state index contributed by atoms with van der Waals surface area (Å²) < 4.78 is 0. The fraction of sp³-hybridized carbons (Fsp3) is 0.619. The summed E-state index contributed by atoms with van der Waals surface area (Å²) in [7, 11) is 0. The summed E-state index contributed by atoms with van der Waals surface area (Å²) in [5.74, 6) is 1.35. The van der Waals surface area contributed by atoms with E-state index in [1.54, 1.807) is 22.3 Å². The van der Waals surface area contributed by atoms with Crippen LogP contribution in [0.3, 0.4) is 0 Å². The molecule has 0 fully saturated rings. The Bertz CT molecular complexity index is 426. The van der Waals surface area contributed by atoms with Crippen LogP contribution in [-0.4, -0.2) is 0 Å². The summed E-state index contributed by atoms with van der Waals surface area (Å²) >= 11 is 0. The Morgan fingerprint density at radius 1 is 0.762 bits per heavy atom. The maximum Gasteiger partial charge on any atom is -0.000832 e. The minimum absolute atomic E-state index is 0.673. The molecular formula is C21H32. The van der Waals surface area contributed by atoms with E-state index in [1.807, 2.05) is 0 Å². The van der Waals surface area contributed by atoms with E-state index in [9.17, 15) is 0 Å². The predicted molar refractivity (Wildman–Crippen MR) is 94.3 cm³/mol. The minimum Gasteiger partial charge on any atom is -0.0741 e. The Morgan fingerprint density at radius 2 is 1.19 bits per heavy atom. The minimum atomic E-state index is 0.673. The normalized spacial score (nSPS) is 24.8. The van der Waals surface area contributed by atoms with E-state index < -0.39 is 0 Å². The molecule has 2 atom stereocenters. The van der Waals surface area contributed by atoms with Gasteiger partial charge in [0.15, 0.2) is 0 Å². The van der Waals surface area contributed by atoms with Crippen LogP contribution in [0.5, 0.6) is 0 Å². The Labute approximate surface area is 131 Å². The van der Waals surface area contributed by atoms with Crippen molar-refractivity contribution in [3.05, 3.63) is 46.6 Å². The molecule has 0 aliphatic heterocycles. The third-order valence-electron chi connectivity index (χ3n) is 4.97. The summed E-state index contributed by atoms with van der Waals surface area (Å²) in [6.07, 6.45) is 19.0. The van der Waals surface area contributed by atoms with Crippen LogP contribution in [0.2, 0.25) is 0 Å². The van der Waals surface area contributed by atoms with Gasteiger partial charge in [0.05, 0.1) is 0 Å². The number of unbranched alkanes of at least 4 members (excludes halogenated alkanes) is 2. The second kappa shape index (κ2) is 7.82. The molecule has 0 amide bonds. The Hall–Kier alpha value is -1.04. The second-order valence-electron chi connectivity index (χ2n) is 6.92. The van der Waals surface area contributed by atoms with E-state index in [0.717, 1.165) is 0 Å². The zero-order chi connectivity index (χ0) is 15.2. The molecule has 0 heterocycles. The van der Waals surface area contributed by atoms with Crippen molar-refractivity contribution >= 4 is 0 Å². The standard InChI is InChI=1S/C21H32/c1-5-7-9-18-11-16(3)20(13-18)15-21-14-19(10-8-6-2)12-17(21)4/h11-14,20-21H,5-10,15H2,1-4H3. The van der Waals surface area contributed by atoms with Gasteiger partial charge in [0.2, 0.25) is 0 Å². The van der Waals surface area contributed by atoms with E-state index in [0.29, 0.717) is 11.8 Å². The highest BCUT2D eigenvalue weighted by Gasteiger charge is 2.22. The average Bonchev–Trinajstić information content (AvgIpc) is 2.98. The lowest BCUT2D eigenvalue weighted by atomic mass is 9.88. The van der Waals surface area contributed by atoms with Gasteiger partial charge in [0.1, 0.15) is 0 Å². The molecule has 0 bridgehead atoms. The molecule has 2 aliphatic rings. The molecule has 0 aromatic heterocycles. The van der Waals surface area contributed by atoms with Gasteiger partial charge in [0.25, 0.3) is 0 Å². The second-order valence-corrected chi connectivity index (χ2v) is 6.92. The van der Waals surface area contributed by atoms with Crippen LogP contribution >= 0.6 is 0 Å². The van der Waals surface area contributed by atoms with Crippen molar-refractivity contribution in [1.82, 2.24) is 0 Å². The molecule has 0 heteroatoms. The summed E-state index contributed by atoms with van der Waals surface area (Å²) in [4.78, 5) is 0. The van der Waals surface area contributed by atoms with E-state index in [2.05, 4.69) is 52.0 Å². The molecule has 116 valence electrons. The monoisotopic (exact) mass is 284 g/mol. The molecule has 0 saturated carbocycles.